The first-order valence-electron chi connectivity index (χ1n) is 13.6. The van der Waals surface area contributed by atoms with Crippen LogP contribution in [0.2, 0.25) is 18.6 Å². The zero-order valence-corrected chi connectivity index (χ0v) is 23.7. The van der Waals surface area contributed by atoms with Crippen LogP contribution in [0.4, 0.5) is 15.5 Å². The summed E-state index contributed by atoms with van der Waals surface area (Å²) >= 11 is 0. The minimum atomic E-state index is -3.30. The van der Waals surface area contributed by atoms with E-state index in [0.29, 0.717) is 36.3 Å². The van der Waals surface area contributed by atoms with Gasteiger partial charge < -0.3 is 34.2 Å². The number of ether oxygens (including phenoxy) is 2. The number of hydrogen-bond acceptors (Lipinski definition) is 7. The molecule has 2 fully saturated rings. The molecule has 2 saturated heterocycles. The van der Waals surface area contributed by atoms with E-state index in [1.807, 2.05) is 13.0 Å². The number of hydrogen-bond donors (Lipinski definition) is 3. The Morgan fingerprint density at radius 1 is 1.34 bits per heavy atom. The summed E-state index contributed by atoms with van der Waals surface area (Å²) in [5.74, 6) is -1.17. The third-order valence-electron chi connectivity index (χ3n) is 8.26. The maximum absolute atomic E-state index is 15.7. The summed E-state index contributed by atoms with van der Waals surface area (Å²) in [7, 11) is -1.95. The van der Waals surface area contributed by atoms with Gasteiger partial charge in [-0.2, -0.15) is 0 Å². The minimum Gasteiger partial charge on any atom is -0.469 e. The number of amides is 2. The SMILES string of the molecule is COC(=O)CCCCN1C(=O)[C@]2(O[C@H](CCO)[C@@H]([Si](C)(C)F)[C@@H]2C)c2cc(NC(=O)[C@H]3CCCN3)ccc21. The van der Waals surface area contributed by atoms with Crippen LogP contribution in [0.15, 0.2) is 18.2 Å². The average molecular weight is 550 g/mol. The molecule has 3 aliphatic heterocycles. The van der Waals surface area contributed by atoms with Crippen molar-refractivity contribution in [2.45, 2.75) is 81.8 Å². The van der Waals surface area contributed by atoms with E-state index in [1.54, 1.807) is 30.1 Å². The van der Waals surface area contributed by atoms with Gasteiger partial charge in [-0.3, -0.25) is 14.4 Å². The van der Waals surface area contributed by atoms with Crippen molar-refractivity contribution in [3.05, 3.63) is 23.8 Å². The van der Waals surface area contributed by atoms with Crippen LogP contribution in [0.1, 0.15) is 51.0 Å². The van der Waals surface area contributed by atoms with Gasteiger partial charge in [0.2, 0.25) is 14.3 Å². The molecule has 0 saturated carbocycles. The molecule has 3 N–H and O–H groups in total. The number of benzene rings is 1. The number of rotatable bonds is 10. The molecular weight excluding hydrogens is 509 g/mol. The molecule has 2 amide bonds. The van der Waals surface area contributed by atoms with Crippen LogP contribution < -0.4 is 15.5 Å². The van der Waals surface area contributed by atoms with Crippen LogP contribution in [0, 0.1) is 5.92 Å². The number of esters is 1. The zero-order chi connectivity index (χ0) is 27.7. The van der Waals surface area contributed by atoms with Gasteiger partial charge in [0, 0.05) is 42.3 Å². The Labute approximate surface area is 224 Å². The largest absolute Gasteiger partial charge is 0.469 e. The fourth-order valence-corrected chi connectivity index (χ4v) is 9.07. The van der Waals surface area contributed by atoms with E-state index in [2.05, 4.69) is 10.6 Å². The summed E-state index contributed by atoms with van der Waals surface area (Å²) in [4.78, 5) is 40.2. The lowest BCUT2D eigenvalue weighted by molar-refractivity contribution is -0.146. The molecular formula is C27H40FN3O6Si. The van der Waals surface area contributed by atoms with E-state index in [-0.39, 0.29) is 43.3 Å². The highest BCUT2D eigenvalue weighted by molar-refractivity contribution is 6.72. The second kappa shape index (κ2) is 11.4. The Hall–Kier alpha value is -2.34. The number of methoxy groups -OCH3 is 1. The molecule has 210 valence electrons. The van der Waals surface area contributed by atoms with E-state index in [0.717, 1.165) is 19.4 Å². The van der Waals surface area contributed by atoms with Gasteiger partial charge in [0.25, 0.3) is 5.91 Å². The second-order valence-electron chi connectivity index (χ2n) is 11.1. The number of aliphatic hydroxyl groups is 1. The summed E-state index contributed by atoms with van der Waals surface area (Å²) in [5.41, 5.74) is -0.0729. The van der Waals surface area contributed by atoms with Crippen molar-refractivity contribution in [3.63, 3.8) is 0 Å². The molecule has 11 heteroatoms. The Morgan fingerprint density at radius 3 is 2.74 bits per heavy atom. The standard InChI is InChI=1S/C27H40FN3O6Si/c1-17-24(38(3,4)28)22(12-15-32)37-27(17)19-16-18(30-25(34)20-8-7-13-29-20)10-11-21(19)31(26(27)35)14-6-5-9-23(33)36-2/h10-11,16-17,20,22,24,29,32H,5-9,12-15H2,1-4H3,(H,30,34)/t17-,20+,22+,24-,27+/m0/s1. The first-order chi connectivity index (χ1) is 18.0. The van der Waals surface area contributed by atoms with Crippen molar-refractivity contribution in [1.29, 1.82) is 0 Å². The summed E-state index contributed by atoms with van der Waals surface area (Å²) in [6, 6.07) is 5.11. The van der Waals surface area contributed by atoms with Gasteiger partial charge in [-0.05, 0) is 69.9 Å². The Balaban J connectivity index is 1.69. The van der Waals surface area contributed by atoms with E-state index in [1.165, 1.54) is 7.11 Å². The van der Waals surface area contributed by atoms with Crippen molar-refractivity contribution in [1.82, 2.24) is 5.32 Å². The van der Waals surface area contributed by atoms with Crippen molar-refractivity contribution in [2.24, 2.45) is 5.92 Å². The van der Waals surface area contributed by atoms with Crippen LogP contribution >= 0.6 is 0 Å². The molecule has 1 aromatic rings. The van der Waals surface area contributed by atoms with Gasteiger partial charge in [0.05, 0.1) is 24.9 Å². The second-order valence-corrected chi connectivity index (χ2v) is 14.9. The lowest BCUT2D eigenvalue weighted by Crippen LogP contribution is -2.45. The summed E-state index contributed by atoms with van der Waals surface area (Å²) in [6.07, 6.45) is 2.72. The van der Waals surface area contributed by atoms with Crippen LogP contribution in [-0.2, 0) is 29.5 Å². The Kier molecular flexibility index (Phi) is 8.61. The number of anilines is 2. The Bertz CT molecular complexity index is 1060. The van der Waals surface area contributed by atoms with Gasteiger partial charge in [0.15, 0.2) is 5.60 Å². The van der Waals surface area contributed by atoms with Gasteiger partial charge in [-0.15, -0.1) is 0 Å². The predicted octanol–water partition coefficient (Wildman–Crippen LogP) is 3.22. The molecule has 9 nitrogen and oxygen atoms in total. The molecule has 0 bridgehead atoms. The van der Waals surface area contributed by atoms with Crippen molar-refractivity contribution in [2.75, 3.05) is 37.0 Å². The molecule has 5 atom stereocenters. The highest BCUT2D eigenvalue weighted by Gasteiger charge is 2.66. The maximum Gasteiger partial charge on any atom is 0.305 e. The number of aliphatic hydroxyl groups excluding tert-OH is 1. The molecule has 3 aliphatic rings. The summed E-state index contributed by atoms with van der Waals surface area (Å²) in [6.45, 7) is 6.11. The molecule has 0 aliphatic carbocycles. The zero-order valence-electron chi connectivity index (χ0n) is 22.7. The fraction of sp³-hybridized carbons (Fsp3) is 0.667. The topological polar surface area (TPSA) is 117 Å². The maximum atomic E-state index is 15.7. The van der Waals surface area contributed by atoms with Crippen LogP contribution in [0.25, 0.3) is 0 Å². The molecule has 0 unspecified atom stereocenters. The number of nitrogens with zero attached hydrogens (tertiary/aromatic N) is 1. The average Bonchev–Trinajstić information content (AvgIpc) is 3.55. The first kappa shape index (κ1) is 28.7. The van der Waals surface area contributed by atoms with Crippen molar-refractivity contribution in [3.8, 4) is 0 Å². The molecule has 38 heavy (non-hydrogen) atoms. The first-order valence-corrected chi connectivity index (χ1v) is 16.5. The third kappa shape index (κ3) is 5.25. The quantitative estimate of drug-likeness (QED) is 0.178. The molecule has 4 rings (SSSR count). The number of fused-ring (bicyclic) bond motifs is 2. The Morgan fingerprint density at radius 2 is 2.11 bits per heavy atom. The number of nitrogens with one attached hydrogen (secondary N) is 2. The van der Waals surface area contributed by atoms with Gasteiger partial charge in [0.1, 0.15) is 0 Å². The molecule has 1 aromatic carbocycles. The van der Waals surface area contributed by atoms with E-state index in [9.17, 15) is 19.5 Å². The van der Waals surface area contributed by atoms with Crippen molar-refractivity contribution >= 4 is 37.6 Å². The molecule has 3 heterocycles. The monoisotopic (exact) mass is 549 g/mol. The summed E-state index contributed by atoms with van der Waals surface area (Å²) in [5, 5.41) is 15.9. The minimum absolute atomic E-state index is 0.130. The van der Waals surface area contributed by atoms with Crippen LogP contribution in [-0.4, -0.2) is 70.2 Å². The van der Waals surface area contributed by atoms with Gasteiger partial charge in [-0.25, -0.2) is 0 Å². The highest BCUT2D eigenvalue weighted by Crippen LogP contribution is 2.60. The number of carbonyl (C=O) groups is 3. The lowest BCUT2D eigenvalue weighted by atomic mass is 9.82. The number of unbranched alkanes of at least 4 members (excludes halogenated alkanes) is 1. The number of halogens is 1. The van der Waals surface area contributed by atoms with E-state index in [4.69, 9.17) is 9.47 Å². The smallest absolute Gasteiger partial charge is 0.305 e. The van der Waals surface area contributed by atoms with Crippen molar-refractivity contribution < 1.29 is 33.1 Å². The van der Waals surface area contributed by atoms with Gasteiger partial charge >= 0.3 is 5.97 Å². The highest BCUT2D eigenvalue weighted by atomic mass is 28.4. The molecule has 0 radical (unpaired) electrons. The van der Waals surface area contributed by atoms with Crippen LogP contribution in [0.3, 0.4) is 0 Å². The number of carbonyl (C=O) groups excluding carboxylic acids is 3. The molecule has 1 spiro atoms. The lowest BCUT2D eigenvalue weighted by Gasteiger charge is -2.31. The summed E-state index contributed by atoms with van der Waals surface area (Å²) < 4.78 is 26.9. The van der Waals surface area contributed by atoms with Gasteiger partial charge in [-0.1, -0.05) is 6.92 Å². The fourth-order valence-electron chi connectivity index (χ4n) is 6.52. The van der Waals surface area contributed by atoms with E-state index < -0.39 is 31.6 Å². The third-order valence-corrected chi connectivity index (χ3v) is 10.7. The normalized spacial score (nSPS) is 28.7. The molecule has 0 aromatic heterocycles. The van der Waals surface area contributed by atoms with E-state index >= 15 is 4.11 Å². The predicted molar refractivity (Wildman–Crippen MR) is 144 cm³/mol. The van der Waals surface area contributed by atoms with Crippen LogP contribution in [0.5, 0.6) is 0 Å².